The van der Waals surface area contributed by atoms with E-state index in [1.54, 1.807) is 0 Å². The van der Waals surface area contributed by atoms with Gasteiger partial charge in [-0.2, -0.15) is 4.98 Å². The third-order valence-electron chi connectivity index (χ3n) is 3.48. The quantitative estimate of drug-likeness (QED) is 0.809. The first-order valence-corrected chi connectivity index (χ1v) is 6.93. The van der Waals surface area contributed by atoms with Crippen LogP contribution < -0.4 is 0 Å². The Morgan fingerprint density at radius 3 is 2.83 bits per heavy atom. The smallest absolute Gasteiger partial charge is 0.247 e. The molecule has 23 heavy (non-hydrogen) atoms. The second kappa shape index (κ2) is 6.66. The maximum absolute atomic E-state index is 13.6. The average Bonchev–Trinajstić information content (AvgIpc) is 3.08. The van der Waals surface area contributed by atoms with Crippen molar-refractivity contribution in [3.63, 3.8) is 0 Å². The Morgan fingerprint density at radius 2 is 2.13 bits per heavy atom. The lowest BCUT2D eigenvalue weighted by Crippen LogP contribution is -2.43. The number of benzene rings is 1. The summed E-state index contributed by atoms with van der Waals surface area (Å²) in [6.07, 6.45) is 3.41. The van der Waals surface area contributed by atoms with Gasteiger partial charge < -0.3 is 14.2 Å². The van der Waals surface area contributed by atoms with Crippen molar-refractivity contribution in [1.82, 2.24) is 15.0 Å². The van der Waals surface area contributed by atoms with Crippen molar-refractivity contribution in [2.24, 2.45) is 0 Å². The Balaban J connectivity index is 1.80. The zero-order chi connectivity index (χ0) is 16.2. The highest BCUT2D eigenvalue weighted by Crippen LogP contribution is 2.22. The predicted octanol–water partition coefficient (Wildman–Crippen LogP) is 1.96. The minimum atomic E-state index is -0.731. The van der Waals surface area contributed by atoms with Gasteiger partial charge in [-0.05, 0) is 18.2 Å². The Morgan fingerprint density at radius 1 is 1.35 bits per heavy atom. The zero-order valence-electron chi connectivity index (χ0n) is 12.0. The molecule has 0 saturated carbocycles. The number of halogens is 2. The minimum absolute atomic E-state index is 0.229. The van der Waals surface area contributed by atoms with Gasteiger partial charge in [0.2, 0.25) is 12.3 Å². The standard InChI is InChI=1S/C15H13F2N3O3/c16-11-2-1-3-12(17)10(11)4-5-14(21)20-6-7-22-8-13(20)15-18-9-23-19-15/h1-5,9,13H,6-8H2/b5-4+. The average molecular weight is 321 g/mol. The minimum Gasteiger partial charge on any atom is -0.377 e. The van der Waals surface area contributed by atoms with Crippen molar-refractivity contribution in [1.29, 1.82) is 0 Å². The molecule has 1 amide bonds. The molecule has 0 aliphatic carbocycles. The molecular formula is C15H13F2N3O3. The fourth-order valence-electron chi connectivity index (χ4n) is 2.33. The zero-order valence-corrected chi connectivity index (χ0v) is 12.0. The van der Waals surface area contributed by atoms with Crippen molar-refractivity contribution in [3.05, 3.63) is 53.7 Å². The number of morpholine rings is 1. The molecule has 0 radical (unpaired) electrons. The first-order valence-electron chi connectivity index (χ1n) is 6.93. The topological polar surface area (TPSA) is 68.5 Å². The van der Waals surface area contributed by atoms with Crippen LogP contribution in [0, 0.1) is 11.6 Å². The summed E-state index contributed by atoms with van der Waals surface area (Å²) in [5, 5.41) is 3.71. The number of rotatable bonds is 3. The molecular weight excluding hydrogens is 308 g/mol. The molecule has 1 aromatic carbocycles. The summed E-state index contributed by atoms with van der Waals surface area (Å²) in [5.41, 5.74) is -0.259. The van der Waals surface area contributed by atoms with E-state index < -0.39 is 23.6 Å². The van der Waals surface area contributed by atoms with Crippen LogP contribution in [-0.4, -0.2) is 40.7 Å². The van der Waals surface area contributed by atoms with E-state index >= 15 is 0 Å². The van der Waals surface area contributed by atoms with Crippen LogP contribution in [0.5, 0.6) is 0 Å². The summed E-state index contributed by atoms with van der Waals surface area (Å²) in [6, 6.07) is 3.02. The van der Waals surface area contributed by atoms with Crippen LogP contribution >= 0.6 is 0 Å². The number of carbonyl (C=O) groups is 1. The number of ether oxygens (including phenoxy) is 1. The second-order valence-corrected chi connectivity index (χ2v) is 4.88. The van der Waals surface area contributed by atoms with Crippen LogP contribution in [-0.2, 0) is 9.53 Å². The van der Waals surface area contributed by atoms with E-state index in [4.69, 9.17) is 4.74 Å². The van der Waals surface area contributed by atoms with Gasteiger partial charge in [-0.15, -0.1) is 0 Å². The van der Waals surface area contributed by atoms with E-state index in [0.29, 0.717) is 19.0 Å². The number of hydrogen-bond donors (Lipinski definition) is 0. The van der Waals surface area contributed by atoms with Gasteiger partial charge in [-0.3, -0.25) is 4.79 Å². The second-order valence-electron chi connectivity index (χ2n) is 4.88. The monoisotopic (exact) mass is 321 g/mol. The molecule has 1 saturated heterocycles. The highest BCUT2D eigenvalue weighted by molar-refractivity contribution is 5.92. The molecule has 2 aromatic rings. The van der Waals surface area contributed by atoms with Crippen molar-refractivity contribution in [2.45, 2.75) is 6.04 Å². The first-order chi connectivity index (χ1) is 11.2. The summed E-state index contributed by atoms with van der Waals surface area (Å²) in [5.74, 6) is -1.55. The van der Waals surface area contributed by atoms with Gasteiger partial charge in [-0.1, -0.05) is 11.2 Å². The van der Waals surface area contributed by atoms with Crippen LogP contribution in [0.25, 0.3) is 6.08 Å². The van der Waals surface area contributed by atoms with Crippen LogP contribution in [0.15, 0.2) is 35.2 Å². The summed E-state index contributed by atoms with van der Waals surface area (Å²) < 4.78 is 37.2. The summed E-state index contributed by atoms with van der Waals surface area (Å²) >= 11 is 0. The van der Waals surface area contributed by atoms with Crippen LogP contribution in [0.4, 0.5) is 8.78 Å². The molecule has 0 N–H and O–H groups in total. The lowest BCUT2D eigenvalue weighted by Gasteiger charge is -2.32. The fourth-order valence-corrected chi connectivity index (χ4v) is 2.33. The Labute approximate surface area is 130 Å². The molecule has 120 valence electrons. The Kier molecular flexibility index (Phi) is 4.42. The fraction of sp³-hybridized carbons (Fsp3) is 0.267. The lowest BCUT2D eigenvalue weighted by molar-refractivity contribution is -0.135. The Bertz CT molecular complexity index is 699. The highest BCUT2D eigenvalue weighted by atomic mass is 19.1. The maximum Gasteiger partial charge on any atom is 0.247 e. The molecule has 3 rings (SSSR count). The molecule has 1 fully saturated rings. The number of amides is 1. The highest BCUT2D eigenvalue weighted by Gasteiger charge is 2.30. The van der Waals surface area contributed by atoms with Gasteiger partial charge in [0.1, 0.15) is 17.7 Å². The first kappa shape index (κ1) is 15.3. The molecule has 1 aliphatic heterocycles. The lowest BCUT2D eigenvalue weighted by atomic mass is 10.1. The number of carbonyl (C=O) groups excluding carboxylic acids is 1. The molecule has 2 heterocycles. The molecule has 6 nitrogen and oxygen atoms in total. The number of aromatic nitrogens is 2. The maximum atomic E-state index is 13.6. The van der Waals surface area contributed by atoms with Gasteiger partial charge in [0.05, 0.1) is 13.2 Å². The van der Waals surface area contributed by atoms with Gasteiger partial charge in [0, 0.05) is 18.2 Å². The van der Waals surface area contributed by atoms with E-state index in [0.717, 1.165) is 30.7 Å². The summed E-state index contributed by atoms with van der Waals surface area (Å²) in [6.45, 7) is 0.914. The Hall–Kier alpha value is -2.61. The number of nitrogens with zero attached hydrogens (tertiary/aromatic N) is 3. The SMILES string of the molecule is O=C(/C=C/c1c(F)cccc1F)N1CCOCC1c1ncon1. The predicted molar refractivity (Wildman–Crippen MR) is 75.0 cm³/mol. The van der Waals surface area contributed by atoms with Gasteiger partial charge in [-0.25, -0.2) is 8.78 Å². The van der Waals surface area contributed by atoms with Crippen molar-refractivity contribution in [2.75, 3.05) is 19.8 Å². The van der Waals surface area contributed by atoms with Crippen molar-refractivity contribution in [3.8, 4) is 0 Å². The van der Waals surface area contributed by atoms with E-state index in [1.807, 2.05) is 0 Å². The van der Waals surface area contributed by atoms with Crippen LogP contribution in [0.1, 0.15) is 17.4 Å². The van der Waals surface area contributed by atoms with Gasteiger partial charge >= 0.3 is 0 Å². The summed E-state index contributed by atoms with van der Waals surface area (Å²) in [4.78, 5) is 17.8. The molecule has 0 bridgehead atoms. The van der Waals surface area contributed by atoms with Crippen LogP contribution in [0.3, 0.4) is 0 Å². The van der Waals surface area contributed by atoms with Gasteiger partial charge in [0.15, 0.2) is 5.82 Å². The molecule has 1 unspecified atom stereocenters. The summed E-state index contributed by atoms with van der Waals surface area (Å²) in [7, 11) is 0. The van der Waals surface area contributed by atoms with E-state index in [1.165, 1.54) is 11.0 Å². The van der Waals surface area contributed by atoms with Gasteiger partial charge in [0.25, 0.3) is 0 Å². The third-order valence-corrected chi connectivity index (χ3v) is 3.48. The van der Waals surface area contributed by atoms with E-state index in [9.17, 15) is 13.6 Å². The largest absolute Gasteiger partial charge is 0.377 e. The van der Waals surface area contributed by atoms with E-state index in [-0.39, 0.29) is 12.2 Å². The molecule has 0 spiro atoms. The van der Waals surface area contributed by atoms with Crippen molar-refractivity contribution >= 4 is 12.0 Å². The van der Waals surface area contributed by atoms with Crippen molar-refractivity contribution < 1.29 is 22.8 Å². The molecule has 1 aromatic heterocycles. The normalized spacial score (nSPS) is 18.5. The van der Waals surface area contributed by atoms with E-state index in [2.05, 4.69) is 14.7 Å². The third kappa shape index (κ3) is 3.26. The molecule has 8 heteroatoms. The van der Waals surface area contributed by atoms with Crippen LogP contribution in [0.2, 0.25) is 0 Å². The molecule has 1 atom stereocenters. The molecule has 1 aliphatic rings. The number of hydrogen-bond acceptors (Lipinski definition) is 5.